The van der Waals surface area contributed by atoms with Gasteiger partial charge in [-0.05, 0) is 29.8 Å². The summed E-state index contributed by atoms with van der Waals surface area (Å²) in [5.74, 6) is -1.66. The van der Waals surface area contributed by atoms with Crippen LogP contribution in [0.25, 0.3) is 11.3 Å². The molecular formula is C17H12F2N2O3. The second-order valence-electron chi connectivity index (χ2n) is 4.97. The zero-order valence-electron chi connectivity index (χ0n) is 12.6. The highest BCUT2D eigenvalue weighted by Crippen LogP contribution is 2.23. The smallest absolute Gasteiger partial charge is 0.356 e. The highest BCUT2D eigenvalue weighted by Gasteiger charge is 2.11. The number of pyridine rings is 1. The number of carbonyl (C=O) groups is 1. The fourth-order valence-corrected chi connectivity index (χ4v) is 2.10. The molecule has 2 aromatic heterocycles. The Morgan fingerprint density at radius 2 is 1.96 bits per heavy atom. The summed E-state index contributed by atoms with van der Waals surface area (Å²) in [6, 6.07) is 6.74. The van der Waals surface area contributed by atoms with Crippen LogP contribution >= 0.6 is 0 Å². The molecule has 0 aliphatic heterocycles. The third-order valence-corrected chi connectivity index (χ3v) is 3.33. The quantitative estimate of drug-likeness (QED) is 0.686. The van der Waals surface area contributed by atoms with Crippen molar-refractivity contribution in [2.45, 2.75) is 6.42 Å². The van der Waals surface area contributed by atoms with Crippen molar-refractivity contribution in [2.75, 3.05) is 7.11 Å². The van der Waals surface area contributed by atoms with Crippen LogP contribution in [0, 0.1) is 11.6 Å². The number of esters is 1. The topological polar surface area (TPSA) is 65.2 Å². The fraction of sp³-hybridized carbons (Fsp3) is 0.118. The van der Waals surface area contributed by atoms with Gasteiger partial charge in [0, 0.05) is 11.8 Å². The van der Waals surface area contributed by atoms with Crippen LogP contribution in [0.5, 0.6) is 0 Å². The summed E-state index contributed by atoms with van der Waals surface area (Å²) in [5.41, 5.74) is 1.38. The normalized spacial score (nSPS) is 10.6. The molecule has 0 unspecified atom stereocenters. The Hall–Kier alpha value is -3.09. The molecule has 5 nitrogen and oxygen atoms in total. The lowest BCUT2D eigenvalue weighted by atomic mass is 10.2. The molecule has 0 fully saturated rings. The predicted octanol–water partition coefficient (Wildman–Crippen LogP) is 3.39. The molecule has 0 bridgehead atoms. The molecule has 3 aromatic rings. The van der Waals surface area contributed by atoms with Gasteiger partial charge in [-0.1, -0.05) is 6.07 Å². The number of aromatic nitrogens is 2. The first kappa shape index (κ1) is 15.8. The first-order valence-electron chi connectivity index (χ1n) is 7.00. The van der Waals surface area contributed by atoms with Crippen LogP contribution in [0.15, 0.2) is 47.1 Å². The van der Waals surface area contributed by atoms with E-state index in [2.05, 4.69) is 14.7 Å². The standard InChI is InChI=1S/C17H12F2N2O3/c1-23-17(22)14-5-2-10(8-20-14)6-16-21-9-15(24-16)11-3-4-12(18)13(19)7-11/h2-5,7-9H,6H2,1H3. The van der Waals surface area contributed by atoms with Crippen molar-refractivity contribution < 1.29 is 22.7 Å². The molecule has 0 aliphatic rings. The van der Waals surface area contributed by atoms with Crippen molar-refractivity contribution in [2.24, 2.45) is 0 Å². The Morgan fingerprint density at radius 3 is 2.62 bits per heavy atom. The van der Waals surface area contributed by atoms with Gasteiger partial charge in [0.2, 0.25) is 0 Å². The van der Waals surface area contributed by atoms with Crippen LogP contribution in [0.2, 0.25) is 0 Å². The minimum absolute atomic E-state index is 0.205. The molecule has 122 valence electrons. The van der Waals surface area contributed by atoms with Crippen LogP contribution in [0.4, 0.5) is 8.78 Å². The van der Waals surface area contributed by atoms with E-state index in [4.69, 9.17) is 4.42 Å². The van der Waals surface area contributed by atoms with Crippen LogP contribution in [0.1, 0.15) is 21.9 Å². The number of halogens is 2. The number of methoxy groups -OCH3 is 1. The number of nitrogens with zero attached hydrogens (tertiary/aromatic N) is 2. The Morgan fingerprint density at radius 1 is 1.12 bits per heavy atom. The van der Waals surface area contributed by atoms with Gasteiger partial charge in [-0.25, -0.2) is 23.5 Å². The van der Waals surface area contributed by atoms with Crippen molar-refractivity contribution in [3.63, 3.8) is 0 Å². The highest BCUT2D eigenvalue weighted by atomic mass is 19.2. The van der Waals surface area contributed by atoms with Crippen molar-refractivity contribution in [1.82, 2.24) is 9.97 Å². The molecule has 2 heterocycles. The summed E-state index contributed by atoms with van der Waals surface area (Å²) in [5, 5.41) is 0. The number of oxazole rings is 1. The molecule has 0 radical (unpaired) electrons. The summed E-state index contributed by atoms with van der Waals surface area (Å²) < 4.78 is 36.4. The van der Waals surface area contributed by atoms with Crippen molar-refractivity contribution >= 4 is 5.97 Å². The summed E-state index contributed by atoms with van der Waals surface area (Å²) in [4.78, 5) is 19.4. The van der Waals surface area contributed by atoms with Crippen LogP contribution in [-0.2, 0) is 11.2 Å². The fourth-order valence-electron chi connectivity index (χ4n) is 2.10. The van der Waals surface area contributed by atoms with E-state index in [1.165, 1.54) is 25.6 Å². The second kappa shape index (κ2) is 6.57. The van der Waals surface area contributed by atoms with E-state index in [0.29, 0.717) is 23.6 Å². The molecule has 0 atom stereocenters. The van der Waals surface area contributed by atoms with E-state index < -0.39 is 17.6 Å². The van der Waals surface area contributed by atoms with Crippen molar-refractivity contribution in [3.8, 4) is 11.3 Å². The third-order valence-electron chi connectivity index (χ3n) is 3.33. The van der Waals surface area contributed by atoms with Crippen LogP contribution < -0.4 is 0 Å². The highest BCUT2D eigenvalue weighted by molar-refractivity contribution is 5.86. The minimum atomic E-state index is -0.951. The third kappa shape index (κ3) is 3.29. The average Bonchev–Trinajstić information content (AvgIpc) is 3.06. The summed E-state index contributed by atoms with van der Waals surface area (Å²) in [6.45, 7) is 0. The number of benzene rings is 1. The molecule has 3 rings (SSSR count). The maximum atomic E-state index is 13.3. The number of hydrogen-bond donors (Lipinski definition) is 0. The zero-order valence-corrected chi connectivity index (χ0v) is 12.6. The zero-order chi connectivity index (χ0) is 17.1. The maximum absolute atomic E-state index is 13.3. The van der Waals surface area contributed by atoms with Gasteiger partial charge < -0.3 is 9.15 Å². The second-order valence-corrected chi connectivity index (χ2v) is 4.97. The van der Waals surface area contributed by atoms with Gasteiger partial charge in [0.05, 0.1) is 19.7 Å². The monoisotopic (exact) mass is 330 g/mol. The van der Waals surface area contributed by atoms with E-state index in [1.807, 2.05) is 0 Å². The lowest BCUT2D eigenvalue weighted by molar-refractivity contribution is 0.0594. The molecule has 0 amide bonds. The Kier molecular flexibility index (Phi) is 4.33. The van der Waals surface area contributed by atoms with Crippen LogP contribution in [-0.4, -0.2) is 23.0 Å². The maximum Gasteiger partial charge on any atom is 0.356 e. The average molecular weight is 330 g/mol. The van der Waals surface area contributed by atoms with Gasteiger partial charge in [0.15, 0.2) is 23.3 Å². The lowest BCUT2D eigenvalue weighted by Crippen LogP contribution is -2.04. The largest absolute Gasteiger partial charge is 0.464 e. The van der Waals surface area contributed by atoms with E-state index in [0.717, 1.165) is 17.7 Å². The lowest BCUT2D eigenvalue weighted by Gasteiger charge is -2.00. The Balaban J connectivity index is 1.76. The molecule has 0 saturated heterocycles. The van der Waals surface area contributed by atoms with Gasteiger partial charge in [-0.3, -0.25) is 0 Å². The first-order chi connectivity index (χ1) is 11.6. The Bertz CT molecular complexity index is 876. The molecule has 0 aliphatic carbocycles. The summed E-state index contributed by atoms with van der Waals surface area (Å²) in [6.07, 6.45) is 3.31. The van der Waals surface area contributed by atoms with Gasteiger partial charge in [-0.15, -0.1) is 0 Å². The predicted molar refractivity (Wildman–Crippen MR) is 80.2 cm³/mol. The van der Waals surface area contributed by atoms with Gasteiger partial charge in [0.1, 0.15) is 5.69 Å². The number of carbonyl (C=O) groups excluding carboxylic acids is 1. The van der Waals surface area contributed by atoms with Crippen molar-refractivity contribution in [1.29, 1.82) is 0 Å². The number of hydrogen-bond acceptors (Lipinski definition) is 5. The van der Waals surface area contributed by atoms with Gasteiger partial charge in [-0.2, -0.15) is 0 Å². The van der Waals surface area contributed by atoms with E-state index in [1.54, 1.807) is 12.1 Å². The molecule has 0 spiro atoms. The molecule has 24 heavy (non-hydrogen) atoms. The Labute approximate surface area is 135 Å². The van der Waals surface area contributed by atoms with E-state index in [-0.39, 0.29) is 5.69 Å². The molecule has 7 heteroatoms. The van der Waals surface area contributed by atoms with Gasteiger partial charge in [0.25, 0.3) is 0 Å². The first-order valence-corrected chi connectivity index (χ1v) is 7.00. The molecular weight excluding hydrogens is 318 g/mol. The SMILES string of the molecule is COC(=O)c1ccc(Cc2ncc(-c3ccc(F)c(F)c3)o2)cn1. The minimum Gasteiger partial charge on any atom is -0.464 e. The molecule has 0 N–H and O–H groups in total. The molecule has 1 aromatic carbocycles. The van der Waals surface area contributed by atoms with Gasteiger partial charge >= 0.3 is 5.97 Å². The summed E-state index contributed by atoms with van der Waals surface area (Å²) >= 11 is 0. The van der Waals surface area contributed by atoms with E-state index >= 15 is 0 Å². The van der Waals surface area contributed by atoms with Crippen molar-refractivity contribution in [3.05, 3.63) is 71.5 Å². The summed E-state index contributed by atoms with van der Waals surface area (Å²) in [7, 11) is 1.28. The van der Waals surface area contributed by atoms with Crippen LogP contribution in [0.3, 0.4) is 0 Å². The number of rotatable bonds is 4. The number of ether oxygens (including phenoxy) is 1. The van der Waals surface area contributed by atoms with E-state index in [9.17, 15) is 13.6 Å². The molecule has 0 saturated carbocycles.